The van der Waals surface area contributed by atoms with Crippen LogP contribution in [0, 0.1) is 41.7 Å². The van der Waals surface area contributed by atoms with E-state index in [-0.39, 0.29) is 41.7 Å². The van der Waals surface area contributed by atoms with Crippen LogP contribution in [0.2, 0.25) is 0 Å². The Labute approximate surface area is 132 Å². The van der Waals surface area contributed by atoms with Crippen molar-refractivity contribution in [1.82, 2.24) is 0 Å². The zero-order valence-electron chi connectivity index (χ0n) is 9.88. The molecule has 0 aromatic rings. The minimum Gasteiger partial charge on any atom is -0.550 e. The SMILES string of the molecule is CC(=O)O.CC(=O)O.CC(=O)O.CC(=O)[O-].[Ce]. The van der Waals surface area contributed by atoms with Crippen molar-refractivity contribution in [2.45, 2.75) is 27.7 Å². The van der Waals surface area contributed by atoms with Gasteiger partial charge in [-0.3, -0.25) is 14.4 Å². The van der Waals surface area contributed by atoms with E-state index in [0.717, 1.165) is 27.7 Å². The molecule has 0 saturated heterocycles. The summed E-state index contributed by atoms with van der Waals surface area (Å²) in [4.78, 5) is 35.9. The van der Waals surface area contributed by atoms with Crippen LogP contribution < -0.4 is 5.11 Å². The van der Waals surface area contributed by atoms with Crippen molar-refractivity contribution >= 4 is 23.9 Å². The Hall–Kier alpha value is -0.743. The molecule has 0 radical (unpaired) electrons. The van der Waals surface area contributed by atoms with Gasteiger partial charge in [0.15, 0.2) is 0 Å². The van der Waals surface area contributed by atoms with E-state index < -0.39 is 23.9 Å². The maximum absolute atomic E-state index is 9.00. The van der Waals surface area contributed by atoms with Crippen LogP contribution in [-0.4, -0.2) is 39.2 Å². The van der Waals surface area contributed by atoms with Crippen molar-refractivity contribution < 1.29 is 81.4 Å². The molecule has 0 aliphatic heterocycles. The summed E-state index contributed by atoms with van der Waals surface area (Å²) in [6.07, 6.45) is 0. The molecule has 17 heavy (non-hydrogen) atoms. The fourth-order valence-electron chi connectivity index (χ4n) is 0. The quantitative estimate of drug-likeness (QED) is 0.486. The Kier molecular flexibility index (Phi) is 43.0. The van der Waals surface area contributed by atoms with Crippen LogP contribution in [0.1, 0.15) is 27.7 Å². The molecule has 0 fully saturated rings. The van der Waals surface area contributed by atoms with Crippen molar-refractivity contribution in [3.63, 3.8) is 0 Å². The first-order chi connectivity index (χ1) is 6.93. The molecule has 0 aliphatic carbocycles. The number of hydrogen-bond acceptors (Lipinski definition) is 5. The first kappa shape index (κ1) is 29.9. The van der Waals surface area contributed by atoms with E-state index in [1.165, 1.54) is 0 Å². The van der Waals surface area contributed by atoms with Gasteiger partial charge in [-0.05, 0) is 6.92 Å². The van der Waals surface area contributed by atoms with Gasteiger partial charge in [0, 0.05) is 68.5 Å². The molecule has 0 rings (SSSR count). The van der Waals surface area contributed by atoms with Gasteiger partial charge in [-0.2, -0.15) is 0 Å². The van der Waals surface area contributed by atoms with Crippen LogP contribution in [0.15, 0.2) is 0 Å². The van der Waals surface area contributed by atoms with Crippen molar-refractivity contribution in [2.24, 2.45) is 0 Å². The number of aliphatic carboxylic acids is 4. The molecule has 3 N–H and O–H groups in total. The molecule has 0 bridgehead atoms. The van der Waals surface area contributed by atoms with E-state index in [1.54, 1.807) is 0 Å². The molecule has 0 heterocycles. The molecule has 0 aromatic heterocycles. The number of rotatable bonds is 0. The second-order valence-electron chi connectivity index (χ2n) is 2.05. The Morgan fingerprint density at radius 1 is 0.706 bits per heavy atom. The van der Waals surface area contributed by atoms with Crippen molar-refractivity contribution in [3.05, 3.63) is 0 Å². The van der Waals surface area contributed by atoms with Gasteiger partial charge in [-0.1, -0.05) is 0 Å². The standard InChI is InChI=1S/4C2H4O2.Ce/c4*1-2(3)4;/h4*1H3,(H,3,4);/p-1. The van der Waals surface area contributed by atoms with Gasteiger partial charge < -0.3 is 25.2 Å². The van der Waals surface area contributed by atoms with Crippen molar-refractivity contribution in [2.75, 3.05) is 0 Å². The topological polar surface area (TPSA) is 152 Å². The summed E-state index contributed by atoms with van der Waals surface area (Å²) < 4.78 is 0. The summed E-state index contributed by atoms with van der Waals surface area (Å²) in [5.74, 6) is -3.58. The predicted molar refractivity (Wildman–Crippen MR) is 50.6 cm³/mol. The molecule has 9 heteroatoms. The Balaban J connectivity index is -0.0000000369. The monoisotopic (exact) mass is 379 g/mol. The third-order valence-electron chi connectivity index (χ3n) is 0. The van der Waals surface area contributed by atoms with Gasteiger partial charge in [0.2, 0.25) is 0 Å². The minimum atomic E-state index is -1.08. The Morgan fingerprint density at radius 2 is 0.706 bits per heavy atom. The zero-order chi connectivity index (χ0) is 14.3. The third-order valence-corrected chi connectivity index (χ3v) is 0. The summed E-state index contributed by atoms with van der Waals surface area (Å²) in [5, 5.41) is 31.1. The van der Waals surface area contributed by atoms with Crippen LogP contribution in [0.4, 0.5) is 0 Å². The molecule has 0 amide bonds. The van der Waals surface area contributed by atoms with Gasteiger partial charge in [0.1, 0.15) is 0 Å². The minimum absolute atomic E-state index is 0. The van der Waals surface area contributed by atoms with Gasteiger partial charge in [0.25, 0.3) is 17.9 Å². The molecule has 0 aliphatic rings. The van der Waals surface area contributed by atoms with Crippen LogP contribution in [-0.2, 0) is 19.2 Å². The maximum Gasteiger partial charge on any atom is 0.300 e. The fraction of sp³-hybridized carbons (Fsp3) is 0.500. The number of carboxylic acids is 4. The van der Waals surface area contributed by atoms with Gasteiger partial charge in [0.05, 0.1) is 0 Å². The molecular formula is C8H15CeO8-. The van der Waals surface area contributed by atoms with E-state index in [1.807, 2.05) is 0 Å². The summed E-state index contributed by atoms with van der Waals surface area (Å²) >= 11 is 0. The summed E-state index contributed by atoms with van der Waals surface area (Å²) in [6.45, 7) is 4.22. The average molecular weight is 379 g/mol. The first-order valence-electron chi connectivity index (χ1n) is 3.69. The van der Waals surface area contributed by atoms with Crippen LogP contribution in [0.25, 0.3) is 0 Å². The zero-order valence-corrected chi connectivity index (χ0v) is 13.0. The number of carbonyl (C=O) groups is 4. The first-order valence-corrected chi connectivity index (χ1v) is 3.69. The number of hydrogen-bond donors (Lipinski definition) is 3. The molecular weight excluding hydrogens is 364 g/mol. The summed E-state index contributed by atoms with van der Waals surface area (Å²) in [7, 11) is 0. The molecule has 0 aromatic carbocycles. The molecule has 0 unspecified atom stereocenters. The molecule has 0 spiro atoms. The molecule has 100 valence electrons. The van der Waals surface area contributed by atoms with E-state index in [2.05, 4.69) is 0 Å². The van der Waals surface area contributed by atoms with E-state index in [4.69, 9.17) is 39.6 Å². The number of carbonyl (C=O) groups excluding carboxylic acids is 1. The van der Waals surface area contributed by atoms with Crippen LogP contribution >= 0.6 is 0 Å². The molecule has 8 nitrogen and oxygen atoms in total. The van der Waals surface area contributed by atoms with Gasteiger partial charge >= 0.3 is 0 Å². The van der Waals surface area contributed by atoms with Crippen molar-refractivity contribution in [3.8, 4) is 0 Å². The molecule has 0 atom stereocenters. The maximum atomic E-state index is 9.00. The largest absolute Gasteiger partial charge is 0.550 e. The van der Waals surface area contributed by atoms with E-state index >= 15 is 0 Å². The smallest absolute Gasteiger partial charge is 0.300 e. The Morgan fingerprint density at radius 3 is 0.706 bits per heavy atom. The van der Waals surface area contributed by atoms with Gasteiger partial charge in [-0.15, -0.1) is 0 Å². The van der Waals surface area contributed by atoms with E-state index in [0.29, 0.717) is 0 Å². The Bertz CT molecular complexity index is 162. The van der Waals surface area contributed by atoms with Gasteiger partial charge in [-0.25, -0.2) is 0 Å². The van der Waals surface area contributed by atoms with Crippen LogP contribution in [0.5, 0.6) is 0 Å². The second kappa shape index (κ2) is 24.5. The summed E-state index contributed by atoms with van der Waals surface area (Å²) in [6, 6.07) is 0. The third kappa shape index (κ3) is 4850. The summed E-state index contributed by atoms with van der Waals surface area (Å²) in [5.41, 5.74) is 0. The van der Waals surface area contributed by atoms with Crippen molar-refractivity contribution in [1.29, 1.82) is 0 Å². The normalized spacial score (nSPS) is 5.88. The fourth-order valence-corrected chi connectivity index (χ4v) is 0. The average Bonchev–Trinajstić information content (AvgIpc) is 1.76. The predicted octanol–water partition coefficient (Wildman–Crippen LogP) is -0.971. The van der Waals surface area contributed by atoms with E-state index in [9.17, 15) is 0 Å². The van der Waals surface area contributed by atoms with Crippen LogP contribution in [0.3, 0.4) is 0 Å². The second-order valence-corrected chi connectivity index (χ2v) is 2.05. The molecule has 0 saturated carbocycles. The number of carboxylic acid groups (broad SMARTS) is 4.